The molecule has 0 bridgehead atoms. The summed E-state index contributed by atoms with van der Waals surface area (Å²) in [4.78, 5) is 11.9. The van der Waals surface area contributed by atoms with Crippen molar-refractivity contribution in [3.05, 3.63) is 35.9 Å². The van der Waals surface area contributed by atoms with Crippen molar-refractivity contribution < 1.29 is 9.53 Å². The van der Waals surface area contributed by atoms with Crippen LogP contribution in [0, 0.1) is 0 Å². The van der Waals surface area contributed by atoms with Crippen LogP contribution in [0.3, 0.4) is 0 Å². The molecule has 0 saturated heterocycles. The standard InChI is InChI=1S/C14H21NO2S/c1-3-4-10-18-11-14(15,13(16)17-2)12-8-6-5-7-9-12/h5-9H,3-4,10-11,15H2,1-2H3. The van der Waals surface area contributed by atoms with Gasteiger partial charge in [-0.3, -0.25) is 0 Å². The van der Waals surface area contributed by atoms with E-state index in [1.54, 1.807) is 11.8 Å². The smallest absolute Gasteiger partial charge is 0.331 e. The van der Waals surface area contributed by atoms with Crippen LogP contribution < -0.4 is 5.73 Å². The number of benzene rings is 1. The SMILES string of the molecule is CCCCSCC(N)(C(=O)OC)c1ccccc1. The molecule has 0 aliphatic rings. The van der Waals surface area contributed by atoms with Crippen molar-refractivity contribution >= 4 is 17.7 Å². The summed E-state index contributed by atoms with van der Waals surface area (Å²) < 4.78 is 4.85. The van der Waals surface area contributed by atoms with E-state index in [2.05, 4.69) is 6.92 Å². The predicted molar refractivity (Wildman–Crippen MR) is 76.6 cm³/mol. The van der Waals surface area contributed by atoms with E-state index < -0.39 is 5.54 Å². The van der Waals surface area contributed by atoms with Gasteiger partial charge >= 0.3 is 5.97 Å². The zero-order valence-corrected chi connectivity index (χ0v) is 11.8. The molecule has 0 aromatic heterocycles. The molecule has 0 saturated carbocycles. The Kier molecular flexibility index (Phi) is 6.22. The molecule has 3 nitrogen and oxygen atoms in total. The third-order valence-electron chi connectivity index (χ3n) is 2.81. The number of esters is 1. The van der Waals surface area contributed by atoms with Crippen molar-refractivity contribution in [2.24, 2.45) is 5.73 Å². The van der Waals surface area contributed by atoms with Gasteiger partial charge in [0.05, 0.1) is 7.11 Å². The van der Waals surface area contributed by atoms with E-state index >= 15 is 0 Å². The highest BCUT2D eigenvalue weighted by molar-refractivity contribution is 7.99. The van der Waals surface area contributed by atoms with Crippen LogP contribution in [0.2, 0.25) is 0 Å². The maximum absolute atomic E-state index is 11.9. The molecule has 0 spiro atoms. The van der Waals surface area contributed by atoms with Crippen LogP contribution in [0.4, 0.5) is 0 Å². The van der Waals surface area contributed by atoms with Crippen molar-refractivity contribution in [3.63, 3.8) is 0 Å². The summed E-state index contributed by atoms with van der Waals surface area (Å²) >= 11 is 1.70. The largest absolute Gasteiger partial charge is 0.467 e. The van der Waals surface area contributed by atoms with Crippen LogP contribution in [0.15, 0.2) is 30.3 Å². The summed E-state index contributed by atoms with van der Waals surface area (Å²) in [5.74, 6) is 1.18. The summed E-state index contributed by atoms with van der Waals surface area (Å²) in [7, 11) is 1.38. The molecule has 4 heteroatoms. The van der Waals surface area contributed by atoms with Gasteiger partial charge in [0.1, 0.15) is 5.54 Å². The maximum Gasteiger partial charge on any atom is 0.331 e. The van der Waals surface area contributed by atoms with E-state index in [1.807, 2.05) is 30.3 Å². The van der Waals surface area contributed by atoms with Crippen LogP contribution in [0.25, 0.3) is 0 Å². The van der Waals surface area contributed by atoms with E-state index in [-0.39, 0.29) is 5.97 Å². The monoisotopic (exact) mass is 267 g/mol. The normalized spacial score (nSPS) is 13.9. The Balaban J connectivity index is 2.79. The summed E-state index contributed by atoms with van der Waals surface area (Å²) in [5.41, 5.74) is 6.02. The molecule has 0 radical (unpaired) electrons. The minimum atomic E-state index is -1.05. The second kappa shape index (κ2) is 7.44. The van der Waals surface area contributed by atoms with E-state index in [0.717, 1.165) is 24.2 Å². The van der Waals surface area contributed by atoms with Gasteiger partial charge < -0.3 is 10.5 Å². The topological polar surface area (TPSA) is 52.3 Å². The molecular weight excluding hydrogens is 246 g/mol. The Morgan fingerprint density at radius 2 is 2.06 bits per heavy atom. The molecule has 1 unspecified atom stereocenters. The summed E-state index contributed by atoms with van der Waals surface area (Å²) in [5, 5.41) is 0. The number of carbonyl (C=O) groups excluding carboxylic acids is 1. The third-order valence-corrected chi connectivity index (χ3v) is 4.05. The first-order valence-electron chi connectivity index (χ1n) is 6.15. The second-order valence-electron chi connectivity index (χ2n) is 4.24. The first-order chi connectivity index (χ1) is 8.65. The lowest BCUT2D eigenvalue weighted by molar-refractivity contribution is -0.146. The fourth-order valence-electron chi connectivity index (χ4n) is 1.66. The molecule has 1 atom stereocenters. The fourth-order valence-corrected chi connectivity index (χ4v) is 2.90. The molecule has 1 aromatic carbocycles. The number of rotatable bonds is 7. The number of hydrogen-bond acceptors (Lipinski definition) is 4. The van der Waals surface area contributed by atoms with Crippen molar-refractivity contribution in [1.82, 2.24) is 0 Å². The number of nitrogens with two attached hydrogens (primary N) is 1. The van der Waals surface area contributed by atoms with Gasteiger partial charge in [0.25, 0.3) is 0 Å². The molecule has 1 aromatic rings. The number of ether oxygens (including phenoxy) is 1. The first kappa shape index (κ1) is 15.1. The van der Waals surface area contributed by atoms with Gasteiger partial charge in [-0.05, 0) is 17.7 Å². The van der Waals surface area contributed by atoms with Crippen molar-refractivity contribution in [2.75, 3.05) is 18.6 Å². The lowest BCUT2D eigenvalue weighted by Gasteiger charge is -2.26. The Labute approximate surface area is 113 Å². The minimum Gasteiger partial charge on any atom is -0.467 e. The lowest BCUT2D eigenvalue weighted by Crippen LogP contribution is -2.48. The fraction of sp³-hybridized carbons (Fsp3) is 0.500. The van der Waals surface area contributed by atoms with Crippen LogP contribution in [-0.4, -0.2) is 24.6 Å². The highest BCUT2D eigenvalue weighted by Gasteiger charge is 2.36. The molecule has 2 N–H and O–H groups in total. The van der Waals surface area contributed by atoms with Gasteiger partial charge in [-0.2, -0.15) is 11.8 Å². The molecule has 18 heavy (non-hydrogen) atoms. The highest BCUT2D eigenvalue weighted by Crippen LogP contribution is 2.25. The Morgan fingerprint density at radius 3 is 2.61 bits per heavy atom. The molecule has 0 aliphatic carbocycles. The van der Waals surface area contributed by atoms with Gasteiger partial charge in [-0.1, -0.05) is 43.7 Å². The van der Waals surface area contributed by atoms with E-state index in [1.165, 1.54) is 7.11 Å². The number of methoxy groups -OCH3 is 1. The molecule has 0 amide bonds. The van der Waals surface area contributed by atoms with Crippen molar-refractivity contribution in [1.29, 1.82) is 0 Å². The lowest BCUT2D eigenvalue weighted by atomic mass is 9.93. The number of hydrogen-bond donors (Lipinski definition) is 1. The summed E-state index contributed by atoms with van der Waals surface area (Å²) in [6, 6.07) is 9.42. The van der Waals surface area contributed by atoms with Gasteiger partial charge in [-0.15, -0.1) is 0 Å². The van der Waals surface area contributed by atoms with Gasteiger partial charge in [0, 0.05) is 5.75 Å². The van der Waals surface area contributed by atoms with Crippen LogP contribution >= 0.6 is 11.8 Å². The Hall–Kier alpha value is -1.00. The molecule has 0 heterocycles. The quantitative estimate of drug-likeness (QED) is 0.609. The molecule has 1 rings (SSSR count). The molecular formula is C14H21NO2S. The first-order valence-corrected chi connectivity index (χ1v) is 7.31. The number of carbonyl (C=O) groups is 1. The van der Waals surface area contributed by atoms with Crippen molar-refractivity contribution in [3.8, 4) is 0 Å². The van der Waals surface area contributed by atoms with Gasteiger partial charge in [-0.25, -0.2) is 4.79 Å². The average Bonchev–Trinajstić information content (AvgIpc) is 2.43. The Morgan fingerprint density at radius 1 is 1.39 bits per heavy atom. The zero-order valence-electron chi connectivity index (χ0n) is 11.0. The molecule has 100 valence electrons. The van der Waals surface area contributed by atoms with Crippen LogP contribution in [0.5, 0.6) is 0 Å². The minimum absolute atomic E-state index is 0.377. The van der Waals surface area contributed by atoms with Crippen molar-refractivity contribution in [2.45, 2.75) is 25.3 Å². The van der Waals surface area contributed by atoms with Crippen LogP contribution in [0.1, 0.15) is 25.3 Å². The molecule has 0 aliphatic heterocycles. The predicted octanol–water partition coefficient (Wildman–Crippen LogP) is 2.55. The van der Waals surface area contributed by atoms with Gasteiger partial charge in [0.2, 0.25) is 0 Å². The molecule has 0 fully saturated rings. The van der Waals surface area contributed by atoms with E-state index in [4.69, 9.17) is 10.5 Å². The van der Waals surface area contributed by atoms with E-state index in [9.17, 15) is 4.79 Å². The summed E-state index contributed by atoms with van der Waals surface area (Å²) in [6.07, 6.45) is 2.28. The average molecular weight is 267 g/mol. The summed E-state index contributed by atoms with van der Waals surface area (Å²) in [6.45, 7) is 2.15. The Bertz CT molecular complexity index is 369. The highest BCUT2D eigenvalue weighted by atomic mass is 32.2. The second-order valence-corrected chi connectivity index (χ2v) is 5.34. The number of thioether (sulfide) groups is 1. The number of unbranched alkanes of at least 4 members (excludes halogenated alkanes) is 1. The maximum atomic E-state index is 11.9. The van der Waals surface area contributed by atoms with Gasteiger partial charge in [0.15, 0.2) is 0 Å². The third kappa shape index (κ3) is 3.75. The van der Waals surface area contributed by atoms with E-state index in [0.29, 0.717) is 5.75 Å². The van der Waals surface area contributed by atoms with Crippen LogP contribution in [-0.2, 0) is 15.1 Å². The zero-order chi connectivity index (χ0) is 13.4.